The van der Waals surface area contributed by atoms with Crippen LogP contribution in [0.4, 0.5) is 13.2 Å². The Morgan fingerprint density at radius 2 is 1.96 bits per heavy atom. The van der Waals surface area contributed by atoms with Gasteiger partial charge in [-0.2, -0.15) is 13.2 Å². The van der Waals surface area contributed by atoms with E-state index in [0.29, 0.717) is 26.1 Å². The van der Waals surface area contributed by atoms with Crippen molar-refractivity contribution < 1.29 is 32.6 Å². The van der Waals surface area contributed by atoms with Crippen molar-refractivity contribution in [1.82, 2.24) is 10.3 Å². The van der Waals surface area contributed by atoms with Crippen molar-refractivity contribution in [2.75, 3.05) is 13.2 Å². The zero-order valence-electron chi connectivity index (χ0n) is 12.9. The predicted octanol–water partition coefficient (Wildman–Crippen LogP) is 2.16. The van der Waals surface area contributed by atoms with Crippen LogP contribution >= 0.6 is 0 Å². The first-order valence-electron chi connectivity index (χ1n) is 7.30. The van der Waals surface area contributed by atoms with Gasteiger partial charge in [0.15, 0.2) is 0 Å². The Balaban J connectivity index is 2.22. The molecule has 1 aromatic heterocycles. The van der Waals surface area contributed by atoms with Crippen LogP contribution in [-0.4, -0.2) is 40.7 Å². The summed E-state index contributed by atoms with van der Waals surface area (Å²) in [6.45, 7) is 1.91. The summed E-state index contributed by atoms with van der Waals surface area (Å²) in [5, 5.41) is 11.7. The predicted molar refractivity (Wildman–Crippen MR) is 76.5 cm³/mol. The van der Waals surface area contributed by atoms with Crippen LogP contribution in [0.2, 0.25) is 0 Å². The molecule has 0 atom stereocenters. The van der Waals surface area contributed by atoms with Crippen molar-refractivity contribution in [2.45, 2.75) is 37.9 Å². The Bertz CT molecular complexity index is 640. The quantitative estimate of drug-likeness (QED) is 0.872. The molecule has 24 heavy (non-hydrogen) atoms. The maximum absolute atomic E-state index is 12.6. The molecule has 0 spiro atoms. The van der Waals surface area contributed by atoms with Gasteiger partial charge in [0.05, 0.1) is 23.2 Å². The minimum absolute atomic E-state index is 0.0146. The first-order valence-corrected chi connectivity index (χ1v) is 7.30. The lowest BCUT2D eigenvalue weighted by atomic mass is 9.86. The molecule has 2 heterocycles. The fourth-order valence-electron chi connectivity index (χ4n) is 2.66. The third kappa shape index (κ3) is 4.22. The molecule has 0 radical (unpaired) electrons. The summed E-state index contributed by atoms with van der Waals surface area (Å²) in [5.41, 5.74) is -2.14. The second-order valence-electron chi connectivity index (χ2n) is 5.74. The van der Waals surface area contributed by atoms with E-state index in [1.54, 1.807) is 0 Å². The van der Waals surface area contributed by atoms with Crippen molar-refractivity contribution in [1.29, 1.82) is 0 Å². The molecular weight excluding hydrogens is 329 g/mol. The summed E-state index contributed by atoms with van der Waals surface area (Å²) in [5.74, 6) is -1.71. The highest BCUT2D eigenvalue weighted by Crippen LogP contribution is 2.29. The van der Waals surface area contributed by atoms with Crippen LogP contribution in [0.15, 0.2) is 12.1 Å². The number of aromatic nitrogens is 1. The molecule has 0 saturated carbocycles. The molecule has 1 amide bonds. The lowest BCUT2D eigenvalue weighted by Crippen LogP contribution is -2.53. The molecule has 6 nitrogen and oxygen atoms in total. The number of nitrogens with zero attached hydrogens (tertiary/aromatic N) is 1. The molecule has 1 saturated heterocycles. The lowest BCUT2D eigenvalue weighted by Gasteiger charge is -2.37. The van der Waals surface area contributed by atoms with Crippen molar-refractivity contribution in [2.24, 2.45) is 0 Å². The normalized spacial score (nSPS) is 17.3. The third-order valence-corrected chi connectivity index (χ3v) is 3.94. The van der Waals surface area contributed by atoms with Gasteiger partial charge in [-0.05, 0) is 31.9 Å². The molecule has 1 aliphatic rings. The highest BCUT2D eigenvalue weighted by atomic mass is 19.4. The van der Waals surface area contributed by atoms with E-state index in [-0.39, 0.29) is 17.7 Å². The van der Waals surface area contributed by atoms with Gasteiger partial charge in [0, 0.05) is 13.2 Å². The number of pyridine rings is 1. The van der Waals surface area contributed by atoms with Gasteiger partial charge in [-0.1, -0.05) is 0 Å². The first kappa shape index (κ1) is 18.2. The average molecular weight is 346 g/mol. The van der Waals surface area contributed by atoms with Gasteiger partial charge in [-0.25, -0.2) is 4.98 Å². The van der Waals surface area contributed by atoms with E-state index in [1.807, 2.05) is 0 Å². The van der Waals surface area contributed by atoms with Gasteiger partial charge in [0.1, 0.15) is 5.69 Å². The molecule has 0 bridgehead atoms. The number of carboxylic acid groups (broad SMARTS) is 1. The SMILES string of the molecule is Cc1nc(C(F)(F)F)ccc1C(=O)NC1(CC(=O)O)CCOCC1. The van der Waals surface area contributed by atoms with Gasteiger partial charge in [-0.3, -0.25) is 9.59 Å². The summed E-state index contributed by atoms with van der Waals surface area (Å²) in [4.78, 5) is 26.9. The molecule has 132 valence electrons. The number of aryl methyl sites for hydroxylation is 1. The van der Waals surface area contributed by atoms with Crippen LogP contribution in [0.3, 0.4) is 0 Å². The van der Waals surface area contributed by atoms with Crippen molar-refractivity contribution in [3.8, 4) is 0 Å². The Hall–Kier alpha value is -2.16. The van der Waals surface area contributed by atoms with Crippen molar-refractivity contribution >= 4 is 11.9 Å². The third-order valence-electron chi connectivity index (χ3n) is 3.94. The number of nitrogens with one attached hydrogen (secondary N) is 1. The van der Waals surface area contributed by atoms with E-state index in [9.17, 15) is 22.8 Å². The molecule has 1 aliphatic heterocycles. The minimum atomic E-state index is -4.59. The highest BCUT2D eigenvalue weighted by Gasteiger charge is 2.37. The largest absolute Gasteiger partial charge is 0.481 e. The van der Waals surface area contributed by atoms with E-state index in [2.05, 4.69) is 10.3 Å². The van der Waals surface area contributed by atoms with Crippen LogP contribution in [0.1, 0.15) is 41.0 Å². The second-order valence-corrected chi connectivity index (χ2v) is 5.74. The smallest absolute Gasteiger partial charge is 0.433 e. The van der Waals surface area contributed by atoms with E-state index in [4.69, 9.17) is 9.84 Å². The number of rotatable bonds is 4. The number of carbonyl (C=O) groups is 2. The van der Waals surface area contributed by atoms with Crippen LogP contribution < -0.4 is 5.32 Å². The number of amides is 1. The van der Waals surface area contributed by atoms with Crippen LogP contribution in [0.25, 0.3) is 0 Å². The summed E-state index contributed by atoms with van der Waals surface area (Å²) in [6, 6.07) is 1.78. The molecule has 1 aromatic rings. The molecule has 1 fully saturated rings. The van der Waals surface area contributed by atoms with Gasteiger partial charge >= 0.3 is 12.1 Å². The minimum Gasteiger partial charge on any atom is -0.481 e. The maximum atomic E-state index is 12.6. The first-order chi connectivity index (χ1) is 11.1. The summed E-state index contributed by atoms with van der Waals surface area (Å²) in [6.07, 6.45) is -4.24. The molecule has 0 aliphatic carbocycles. The molecule has 9 heteroatoms. The number of carbonyl (C=O) groups excluding carboxylic acids is 1. The molecule has 0 aromatic carbocycles. The van der Waals surface area contributed by atoms with Gasteiger partial charge in [-0.15, -0.1) is 0 Å². The number of halogens is 3. The topological polar surface area (TPSA) is 88.5 Å². The van der Waals surface area contributed by atoms with Crippen molar-refractivity contribution in [3.05, 3.63) is 29.1 Å². The fourth-order valence-corrected chi connectivity index (χ4v) is 2.66. The fraction of sp³-hybridized carbons (Fsp3) is 0.533. The Kier molecular flexibility index (Phi) is 5.12. The monoisotopic (exact) mass is 346 g/mol. The number of hydrogen-bond donors (Lipinski definition) is 2. The number of aliphatic carboxylic acids is 1. The van der Waals surface area contributed by atoms with E-state index < -0.39 is 29.3 Å². The van der Waals surface area contributed by atoms with E-state index in [1.165, 1.54) is 6.92 Å². The highest BCUT2D eigenvalue weighted by molar-refractivity contribution is 5.96. The van der Waals surface area contributed by atoms with Crippen LogP contribution in [0, 0.1) is 6.92 Å². The van der Waals surface area contributed by atoms with Crippen molar-refractivity contribution in [3.63, 3.8) is 0 Å². The van der Waals surface area contributed by atoms with Crippen LogP contribution in [0.5, 0.6) is 0 Å². The number of ether oxygens (including phenoxy) is 1. The van der Waals surface area contributed by atoms with E-state index >= 15 is 0 Å². The van der Waals surface area contributed by atoms with E-state index in [0.717, 1.165) is 12.1 Å². The van der Waals surface area contributed by atoms with Crippen LogP contribution in [-0.2, 0) is 15.7 Å². The zero-order chi connectivity index (χ0) is 18.0. The Morgan fingerprint density at radius 3 is 2.46 bits per heavy atom. The Morgan fingerprint density at radius 1 is 1.33 bits per heavy atom. The van der Waals surface area contributed by atoms with Gasteiger partial charge in [0.2, 0.25) is 0 Å². The molecule has 0 unspecified atom stereocenters. The molecule has 2 N–H and O–H groups in total. The Labute approximate surface area is 136 Å². The number of carboxylic acids is 1. The number of alkyl halides is 3. The van der Waals surface area contributed by atoms with Gasteiger partial charge < -0.3 is 15.2 Å². The lowest BCUT2D eigenvalue weighted by molar-refractivity contribution is -0.141. The maximum Gasteiger partial charge on any atom is 0.433 e. The summed E-state index contributed by atoms with van der Waals surface area (Å²) < 4.78 is 43.1. The molecule has 2 rings (SSSR count). The molecular formula is C15H17F3N2O4. The summed E-state index contributed by atoms with van der Waals surface area (Å²) in [7, 11) is 0. The second kappa shape index (κ2) is 6.76. The standard InChI is InChI=1S/C15H17F3N2O4/c1-9-10(2-3-11(19-9)15(16,17)18)13(23)20-14(8-12(21)22)4-6-24-7-5-14/h2-3H,4-8H2,1H3,(H,20,23)(H,21,22). The summed E-state index contributed by atoms with van der Waals surface area (Å²) >= 11 is 0. The number of hydrogen-bond acceptors (Lipinski definition) is 4. The average Bonchev–Trinajstić information content (AvgIpc) is 2.45. The van der Waals surface area contributed by atoms with Gasteiger partial charge in [0.25, 0.3) is 5.91 Å². The zero-order valence-corrected chi connectivity index (χ0v) is 12.9.